The zero-order valence-corrected chi connectivity index (χ0v) is 16.8. The molecule has 154 valence electrons. The molecule has 1 aromatic carbocycles. The maximum absolute atomic E-state index is 12.0. The van der Waals surface area contributed by atoms with Crippen LogP contribution in [0.15, 0.2) is 24.3 Å². The second-order valence-corrected chi connectivity index (χ2v) is 7.24. The summed E-state index contributed by atoms with van der Waals surface area (Å²) in [5, 5.41) is 5.43. The summed E-state index contributed by atoms with van der Waals surface area (Å²) in [6.07, 6.45) is 3.22. The van der Waals surface area contributed by atoms with Gasteiger partial charge >= 0.3 is 5.97 Å². The summed E-state index contributed by atoms with van der Waals surface area (Å²) in [4.78, 5) is 35.9. The average Bonchev–Trinajstić information content (AvgIpc) is 2.69. The van der Waals surface area contributed by atoms with Crippen LogP contribution in [0.1, 0.15) is 50.4 Å². The van der Waals surface area contributed by atoms with E-state index in [4.69, 9.17) is 9.47 Å². The van der Waals surface area contributed by atoms with Crippen LogP contribution in [-0.4, -0.2) is 43.6 Å². The number of carbonyl (C=O) groups is 3. The van der Waals surface area contributed by atoms with Gasteiger partial charge in [0.15, 0.2) is 6.61 Å². The van der Waals surface area contributed by atoms with Crippen LogP contribution in [0, 0.1) is 11.8 Å². The van der Waals surface area contributed by atoms with E-state index in [0.717, 1.165) is 12.8 Å². The first-order valence-electron chi connectivity index (χ1n) is 9.86. The Morgan fingerprint density at radius 3 is 2.50 bits per heavy atom. The summed E-state index contributed by atoms with van der Waals surface area (Å²) in [6.45, 7) is 6.12. The third kappa shape index (κ3) is 6.55. The number of benzene rings is 1. The summed E-state index contributed by atoms with van der Waals surface area (Å²) >= 11 is 0. The average molecular weight is 390 g/mol. The fourth-order valence-electron chi connectivity index (χ4n) is 3.35. The van der Waals surface area contributed by atoms with Gasteiger partial charge < -0.3 is 20.1 Å². The molecule has 1 aliphatic carbocycles. The minimum absolute atomic E-state index is 0.120. The molecule has 2 N–H and O–H groups in total. The highest BCUT2D eigenvalue weighted by molar-refractivity contribution is 5.96. The van der Waals surface area contributed by atoms with Crippen molar-refractivity contribution in [2.24, 2.45) is 11.8 Å². The van der Waals surface area contributed by atoms with Crippen molar-refractivity contribution in [1.82, 2.24) is 10.6 Å². The summed E-state index contributed by atoms with van der Waals surface area (Å²) < 4.78 is 10.3. The van der Waals surface area contributed by atoms with E-state index in [-0.39, 0.29) is 25.1 Å². The van der Waals surface area contributed by atoms with Gasteiger partial charge in [0.05, 0.1) is 6.61 Å². The third-order valence-corrected chi connectivity index (χ3v) is 5.24. The quantitative estimate of drug-likeness (QED) is 0.665. The van der Waals surface area contributed by atoms with Crippen molar-refractivity contribution in [3.8, 4) is 5.75 Å². The highest BCUT2D eigenvalue weighted by Gasteiger charge is 2.28. The first-order valence-corrected chi connectivity index (χ1v) is 9.86. The van der Waals surface area contributed by atoms with Crippen molar-refractivity contribution < 1.29 is 23.9 Å². The van der Waals surface area contributed by atoms with Gasteiger partial charge in [-0.2, -0.15) is 0 Å². The van der Waals surface area contributed by atoms with Crippen molar-refractivity contribution in [3.63, 3.8) is 0 Å². The van der Waals surface area contributed by atoms with Gasteiger partial charge in [0, 0.05) is 11.6 Å². The van der Waals surface area contributed by atoms with E-state index in [1.807, 2.05) is 6.92 Å². The maximum atomic E-state index is 12.0. The molecule has 3 atom stereocenters. The number of hydrogen-bond donors (Lipinski definition) is 2. The minimum atomic E-state index is -0.653. The van der Waals surface area contributed by atoms with E-state index in [1.165, 1.54) is 6.42 Å². The standard InChI is InChI=1S/C21H30N2O5/c1-4-27-17-10-8-16(9-11-17)21(26)22-12-20(25)28-13-19(24)23-18-7-5-6-14(2)15(18)3/h8-11,14-15,18H,4-7,12-13H2,1-3H3,(H,22,26)(H,23,24)/t14-,15-,18+/m0/s1. The minimum Gasteiger partial charge on any atom is -0.494 e. The van der Waals surface area contributed by atoms with Crippen molar-refractivity contribution in [2.75, 3.05) is 19.8 Å². The van der Waals surface area contributed by atoms with Crippen LogP contribution in [0.4, 0.5) is 0 Å². The predicted molar refractivity (Wildman–Crippen MR) is 105 cm³/mol. The molecule has 7 heteroatoms. The highest BCUT2D eigenvalue weighted by atomic mass is 16.5. The number of rotatable bonds is 8. The predicted octanol–water partition coefficient (Wildman–Crippen LogP) is 2.30. The fraction of sp³-hybridized carbons (Fsp3) is 0.571. The monoisotopic (exact) mass is 390 g/mol. The van der Waals surface area contributed by atoms with Gasteiger partial charge in [-0.05, 0) is 49.4 Å². The number of nitrogens with one attached hydrogen (secondary N) is 2. The molecule has 0 heterocycles. The van der Waals surface area contributed by atoms with Crippen LogP contribution in [0.25, 0.3) is 0 Å². The lowest BCUT2D eigenvalue weighted by Crippen LogP contribution is -2.45. The maximum Gasteiger partial charge on any atom is 0.325 e. The van der Waals surface area contributed by atoms with Gasteiger partial charge in [0.2, 0.25) is 0 Å². The molecule has 2 rings (SSSR count). The lowest BCUT2D eigenvalue weighted by Gasteiger charge is -2.34. The van der Waals surface area contributed by atoms with Crippen LogP contribution >= 0.6 is 0 Å². The number of carbonyl (C=O) groups excluding carboxylic acids is 3. The van der Waals surface area contributed by atoms with Crippen LogP contribution in [0.3, 0.4) is 0 Å². The number of ether oxygens (including phenoxy) is 2. The van der Waals surface area contributed by atoms with Crippen molar-refractivity contribution in [2.45, 2.75) is 46.1 Å². The lowest BCUT2D eigenvalue weighted by atomic mass is 9.78. The van der Waals surface area contributed by atoms with Crippen molar-refractivity contribution >= 4 is 17.8 Å². The molecular weight excluding hydrogens is 360 g/mol. The van der Waals surface area contributed by atoms with E-state index >= 15 is 0 Å². The van der Waals surface area contributed by atoms with E-state index in [0.29, 0.717) is 29.8 Å². The van der Waals surface area contributed by atoms with E-state index < -0.39 is 11.9 Å². The molecule has 0 aliphatic heterocycles. The Morgan fingerprint density at radius 2 is 1.82 bits per heavy atom. The lowest BCUT2D eigenvalue weighted by molar-refractivity contribution is -0.147. The van der Waals surface area contributed by atoms with Crippen LogP contribution in [0.2, 0.25) is 0 Å². The van der Waals surface area contributed by atoms with Crippen molar-refractivity contribution in [1.29, 1.82) is 0 Å². The van der Waals surface area contributed by atoms with Gasteiger partial charge in [-0.1, -0.05) is 26.7 Å². The van der Waals surface area contributed by atoms with Crippen LogP contribution in [0.5, 0.6) is 5.75 Å². The first-order chi connectivity index (χ1) is 13.4. The second kappa shape index (κ2) is 10.7. The molecule has 28 heavy (non-hydrogen) atoms. The van der Waals surface area contributed by atoms with Crippen molar-refractivity contribution in [3.05, 3.63) is 29.8 Å². The smallest absolute Gasteiger partial charge is 0.325 e. The molecule has 0 bridgehead atoms. The molecule has 0 spiro atoms. The number of amides is 2. The zero-order chi connectivity index (χ0) is 20.5. The summed E-state index contributed by atoms with van der Waals surface area (Å²) in [7, 11) is 0. The van der Waals surface area contributed by atoms with Gasteiger partial charge in [-0.3, -0.25) is 14.4 Å². The summed E-state index contributed by atoms with van der Waals surface area (Å²) in [5.74, 6) is 0.290. The molecule has 1 fully saturated rings. The van der Waals surface area contributed by atoms with Crippen LogP contribution in [-0.2, 0) is 14.3 Å². The van der Waals surface area contributed by atoms with Crippen LogP contribution < -0.4 is 15.4 Å². The Morgan fingerprint density at radius 1 is 1.11 bits per heavy atom. The molecule has 2 amide bonds. The molecule has 1 saturated carbocycles. The number of esters is 1. The largest absolute Gasteiger partial charge is 0.494 e. The van der Waals surface area contributed by atoms with Gasteiger partial charge in [-0.25, -0.2) is 0 Å². The molecule has 0 unspecified atom stereocenters. The van der Waals surface area contributed by atoms with E-state index in [1.54, 1.807) is 24.3 Å². The molecule has 0 saturated heterocycles. The van der Waals surface area contributed by atoms with Gasteiger partial charge in [0.1, 0.15) is 12.3 Å². The Kier molecular flexibility index (Phi) is 8.29. The van der Waals surface area contributed by atoms with Gasteiger partial charge in [0.25, 0.3) is 11.8 Å². The number of hydrogen-bond acceptors (Lipinski definition) is 5. The highest BCUT2D eigenvalue weighted by Crippen LogP contribution is 2.29. The Balaban J connectivity index is 1.69. The topological polar surface area (TPSA) is 93.7 Å². The van der Waals surface area contributed by atoms with E-state index in [2.05, 4.69) is 24.5 Å². The Hall–Kier alpha value is -2.57. The van der Waals surface area contributed by atoms with E-state index in [9.17, 15) is 14.4 Å². The Bertz CT molecular complexity index is 674. The molecule has 1 aliphatic rings. The second-order valence-electron chi connectivity index (χ2n) is 7.24. The zero-order valence-electron chi connectivity index (χ0n) is 16.8. The molecule has 0 aromatic heterocycles. The molecular formula is C21H30N2O5. The molecule has 1 aromatic rings. The SMILES string of the molecule is CCOc1ccc(C(=O)NCC(=O)OCC(=O)N[C@@H]2CCC[C@H](C)[C@@H]2C)cc1. The molecule has 7 nitrogen and oxygen atoms in total. The fourth-order valence-corrected chi connectivity index (χ4v) is 3.35. The summed E-state index contributed by atoms with van der Waals surface area (Å²) in [6, 6.07) is 6.73. The molecule has 0 radical (unpaired) electrons. The van der Waals surface area contributed by atoms with Gasteiger partial charge in [-0.15, -0.1) is 0 Å². The first kappa shape index (κ1) is 21.7. The normalized spacial score (nSPS) is 21.5. The Labute approximate surface area is 166 Å². The summed E-state index contributed by atoms with van der Waals surface area (Å²) in [5.41, 5.74) is 0.411. The third-order valence-electron chi connectivity index (χ3n) is 5.24.